The van der Waals surface area contributed by atoms with Crippen molar-refractivity contribution >= 4 is 27.8 Å². The highest BCUT2D eigenvalue weighted by Gasteiger charge is 2.30. The Hall–Kier alpha value is -6.05. The van der Waals surface area contributed by atoms with Crippen LogP contribution in [0.1, 0.15) is 22.5 Å². The molecule has 0 radical (unpaired) electrons. The van der Waals surface area contributed by atoms with Crippen molar-refractivity contribution in [2.45, 2.75) is 13.8 Å². The van der Waals surface area contributed by atoms with Gasteiger partial charge < -0.3 is 9.64 Å². The number of benzene rings is 5. The molecular weight excluding hydrogens is 537 g/mol. The van der Waals surface area contributed by atoms with Gasteiger partial charge in [-0.25, -0.2) is 14.4 Å². The first kappa shape index (κ1) is 24.7. The average molecular weight is 558 g/mol. The number of fused-ring (bicyclic) bond motifs is 5. The fraction of sp³-hybridized carbons (Fsp3) is 0.0556. The molecule has 2 heterocycles. The molecule has 0 fully saturated rings. The van der Waals surface area contributed by atoms with Crippen molar-refractivity contribution < 1.29 is 9.13 Å². The molecule has 2 aliphatic rings. The van der Waals surface area contributed by atoms with Gasteiger partial charge >= 0.3 is 0 Å². The van der Waals surface area contributed by atoms with Gasteiger partial charge in [0.1, 0.15) is 18.0 Å². The van der Waals surface area contributed by atoms with Crippen molar-refractivity contribution in [3.05, 3.63) is 113 Å². The molecule has 0 unspecified atom stereocenters. The number of aryl methyl sites for hydroxylation is 2. The molecule has 6 nitrogen and oxygen atoms in total. The molecule has 0 bridgehead atoms. The van der Waals surface area contributed by atoms with Crippen molar-refractivity contribution in [3.8, 4) is 57.3 Å². The molecule has 1 aromatic heterocycles. The largest absolute Gasteiger partial charge is 0.453 e. The van der Waals surface area contributed by atoms with Gasteiger partial charge in [0.25, 0.3) is 0 Å². The second kappa shape index (κ2) is 8.97. The summed E-state index contributed by atoms with van der Waals surface area (Å²) in [5.74, 6) is 1.16. The Morgan fingerprint density at radius 2 is 1.26 bits per heavy atom. The molecule has 0 atom stereocenters. The number of para-hydroxylation sites is 4. The maximum Gasteiger partial charge on any atom is 0.177 e. The minimum absolute atomic E-state index is 0.0416. The van der Waals surface area contributed by atoms with Crippen LogP contribution in [0.25, 0.3) is 44.4 Å². The Bertz CT molecular complexity index is 2250. The highest BCUT2D eigenvalue weighted by Crippen LogP contribution is 2.52. The predicted molar refractivity (Wildman–Crippen MR) is 163 cm³/mol. The number of ether oxygens (including phenoxy) is 1. The second-order valence-electron chi connectivity index (χ2n) is 10.7. The standard InChI is InChI=1S/C36H20FN5O/c1-19-14-31(42-29-7-3-5-9-32(29)43-33-10-6-4-8-30(33)42)20(2)13-24(19)22-11-12-23-34-25(22)15-21(37)16-26(34)36-35(23)40-27(17-38)28(18-39)41-36/h3-16H,1-2H3. The minimum atomic E-state index is -0.411. The molecule has 1 aliphatic heterocycles. The van der Waals surface area contributed by atoms with Gasteiger partial charge in [0, 0.05) is 22.2 Å². The summed E-state index contributed by atoms with van der Waals surface area (Å²) in [6.45, 7) is 4.14. The van der Waals surface area contributed by atoms with Crippen molar-refractivity contribution in [2.75, 3.05) is 4.90 Å². The third-order valence-electron chi connectivity index (χ3n) is 8.20. The van der Waals surface area contributed by atoms with E-state index in [0.29, 0.717) is 17.0 Å². The molecule has 0 spiro atoms. The zero-order valence-electron chi connectivity index (χ0n) is 23.1. The molecule has 7 heteroatoms. The summed E-state index contributed by atoms with van der Waals surface area (Å²) in [7, 11) is 0. The van der Waals surface area contributed by atoms with Crippen LogP contribution in [0.3, 0.4) is 0 Å². The van der Waals surface area contributed by atoms with Crippen molar-refractivity contribution in [2.24, 2.45) is 0 Å². The van der Waals surface area contributed by atoms with Crippen LogP contribution in [0, 0.1) is 42.3 Å². The fourth-order valence-corrected chi connectivity index (χ4v) is 6.33. The first-order chi connectivity index (χ1) is 21.0. The number of anilines is 3. The highest BCUT2D eigenvalue weighted by molar-refractivity contribution is 6.17. The Labute approximate surface area is 246 Å². The van der Waals surface area contributed by atoms with Crippen molar-refractivity contribution in [1.29, 1.82) is 10.5 Å². The number of halogens is 1. The summed E-state index contributed by atoms with van der Waals surface area (Å²) in [5, 5.41) is 20.6. The third kappa shape index (κ3) is 3.49. The van der Waals surface area contributed by atoms with Crippen LogP contribution in [0.5, 0.6) is 11.5 Å². The summed E-state index contributed by atoms with van der Waals surface area (Å²) in [6.07, 6.45) is 0. The van der Waals surface area contributed by atoms with Gasteiger partial charge in [0.15, 0.2) is 22.9 Å². The van der Waals surface area contributed by atoms with E-state index >= 15 is 4.39 Å². The molecule has 43 heavy (non-hydrogen) atoms. The quantitative estimate of drug-likeness (QED) is 0.211. The first-order valence-electron chi connectivity index (χ1n) is 13.7. The normalized spacial score (nSPS) is 12.2. The van der Waals surface area contributed by atoms with E-state index in [9.17, 15) is 10.5 Å². The van der Waals surface area contributed by atoms with Gasteiger partial charge in [-0.2, -0.15) is 10.5 Å². The van der Waals surface area contributed by atoms with Gasteiger partial charge in [0.05, 0.1) is 22.8 Å². The van der Waals surface area contributed by atoms with E-state index in [-0.39, 0.29) is 11.4 Å². The molecule has 5 aromatic carbocycles. The van der Waals surface area contributed by atoms with Gasteiger partial charge in [-0.05, 0) is 90.0 Å². The number of nitrogens with zero attached hydrogens (tertiary/aromatic N) is 5. The number of nitriles is 2. The van der Waals surface area contributed by atoms with Crippen LogP contribution >= 0.6 is 0 Å². The number of aromatic nitrogens is 2. The van der Waals surface area contributed by atoms with Crippen LogP contribution < -0.4 is 9.64 Å². The summed E-state index contributed by atoms with van der Waals surface area (Å²) < 4.78 is 21.4. The predicted octanol–water partition coefficient (Wildman–Crippen LogP) is 9.02. The number of hydrogen-bond donors (Lipinski definition) is 0. The Morgan fingerprint density at radius 3 is 1.91 bits per heavy atom. The molecule has 0 amide bonds. The maximum atomic E-state index is 15.2. The van der Waals surface area contributed by atoms with E-state index < -0.39 is 5.82 Å². The van der Waals surface area contributed by atoms with Crippen LogP contribution in [0.15, 0.2) is 84.9 Å². The van der Waals surface area contributed by atoms with Crippen molar-refractivity contribution in [1.82, 2.24) is 9.97 Å². The molecule has 202 valence electrons. The lowest BCUT2D eigenvalue weighted by Gasteiger charge is -2.34. The highest BCUT2D eigenvalue weighted by atomic mass is 19.1. The lowest BCUT2D eigenvalue weighted by Crippen LogP contribution is -2.16. The topological polar surface area (TPSA) is 85.8 Å². The molecule has 1 aliphatic carbocycles. The lowest BCUT2D eigenvalue weighted by molar-refractivity contribution is 0.477. The van der Waals surface area contributed by atoms with E-state index in [4.69, 9.17) is 4.74 Å². The SMILES string of the molecule is Cc1cc(N2c3ccccc3Oc3ccccc32)c(C)cc1-c1ccc2c3c(cc(F)cc13)-c1nc(C#N)c(C#N)nc1-2. The lowest BCUT2D eigenvalue weighted by atomic mass is 9.90. The molecule has 0 N–H and O–H groups in total. The molecule has 8 rings (SSSR count). The summed E-state index contributed by atoms with van der Waals surface area (Å²) >= 11 is 0. The second-order valence-corrected chi connectivity index (χ2v) is 10.7. The van der Waals surface area contributed by atoms with Gasteiger partial charge in [-0.1, -0.05) is 36.4 Å². The van der Waals surface area contributed by atoms with Gasteiger partial charge in [-0.3, -0.25) is 0 Å². The van der Waals surface area contributed by atoms with E-state index in [0.717, 1.165) is 67.2 Å². The zero-order chi connectivity index (χ0) is 29.4. The van der Waals surface area contributed by atoms with E-state index in [1.165, 1.54) is 12.1 Å². The van der Waals surface area contributed by atoms with Crippen LogP contribution in [0.4, 0.5) is 21.5 Å². The van der Waals surface area contributed by atoms with Gasteiger partial charge in [0.2, 0.25) is 0 Å². The smallest absolute Gasteiger partial charge is 0.177 e. The molecule has 6 aromatic rings. The third-order valence-corrected chi connectivity index (χ3v) is 8.20. The van der Waals surface area contributed by atoms with E-state index in [2.05, 4.69) is 53.0 Å². The molecule has 0 saturated heterocycles. The first-order valence-corrected chi connectivity index (χ1v) is 13.7. The minimum Gasteiger partial charge on any atom is -0.453 e. The summed E-state index contributed by atoms with van der Waals surface area (Å²) in [4.78, 5) is 11.1. The Balaban J connectivity index is 1.33. The van der Waals surface area contributed by atoms with Crippen LogP contribution in [-0.4, -0.2) is 9.97 Å². The molecule has 0 saturated carbocycles. The Kier molecular flexibility index (Phi) is 5.16. The van der Waals surface area contributed by atoms with Crippen molar-refractivity contribution in [3.63, 3.8) is 0 Å². The number of rotatable bonds is 2. The monoisotopic (exact) mass is 557 g/mol. The van der Waals surface area contributed by atoms with Crippen LogP contribution in [-0.2, 0) is 0 Å². The van der Waals surface area contributed by atoms with Gasteiger partial charge in [-0.15, -0.1) is 0 Å². The fourth-order valence-electron chi connectivity index (χ4n) is 6.33. The van der Waals surface area contributed by atoms with E-state index in [1.54, 1.807) is 0 Å². The van der Waals surface area contributed by atoms with E-state index in [1.807, 2.05) is 60.7 Å². The average Bonchev–Trinajstić information content (AvgIpc) is 3.33. The maximum absolute atomic E-state index is 15.2. The number of hydrogen-bond acceptors (Lipinski definition) is 6. The summed E-state index contributed by atoms with van der Waals surface area (Å²) in [6, 6.07) is 31.1. The molecular formula is C36H20FN5O. The Morgan fingerprint density at radius 1 is 0.651 bits per heavy atom. The summed E-state index contributed by atoms with van der Waals surface area (Å²) in [5.41, 5.74) is 8.98. The van der Waals surface area contributed by atoms with Crippen LogP contribution in [0.2, 0.25) is 0 Å². The zero-order valence-corrected chi connectivity index (χ0v) is 23.1.